The van der Waals surface area contributed by atoms with Crippen LogP contribution >= 0.6 is 0 Å². The van der Waals surface area contributed by atoms with E-state index in [2.05, 4.69) is 115 Å². The Morgan fingerprint density at radius 2 is 1.20 bits per heavy atom. The molecule has 0 aliphatic carbocycles. The molecule has 6 nitrogen and oxygen atoms in total. The fourth-order valence-electron chi connectivity index (χ4n) is 7.54. The zero-order valence-electron chi connectivity index (χ0n) is 28.7. The first-order valence-electron chi connectivity index (χ1n) is 17.2. The van der Waals surface area contributed by atoms with Crippen LogP contribution in [-0.4, -0.2) is 28.5 Å². The number of aromatic nitrogens is 3. The quantitative estimate of drug-likeness (QED) is 0.131. The van der Waals surface area contributed by atoms with Crippen LogP contribution in [0.1, 0.15) is 58.7 Å². The number of nitrogens with zero attached hydrogens (tertiary/aromatic N) is 3. The number of fused-ring (bicyclic) bond motifs is 1. The van der Waals surface area contributed by atoms with Crippen molar-refractivity contribution >= 4 is 20.9 Å². The van der Waals surface area contributed by atoms with Crippen molar-refractivity contribution in [2.24, 2.45) is 0 Å². The molecule has 2 aromatic heterocycles. The number of rotatable bonds is 12. The van der Waals surface area contributed by atoms with Crippen LogP contribution in [0.2, 0.25) is 0 Å². The molecule has 2 heterocycles. The number of aryl methyl sites for hydroxylation is 1. The van der Waals surface area contributed by atoms with E-state index < -0.39 is 15.6 Å². The highest BCUT2D eigenvalue weighted by Gasteiger charge is 2.40. The van der Waals surface area contributed by atoms with Crippen molar-refractivity contribution in [3.05, 3.63) is 191 Å². The monoisotopic (exact) mass is 678 g/mol. The van der Waals surface area contributed by atoms with Crippen LogP contribution in [0, 0.1) is 13.8 Å². The summed E-state index contributed by atoms with van der Waals surface area (Å²) in [7, 11) is -3.81. The number of para-hydroxylation sites is 1. The molecule has 1 N–H and O–H groups in total. The molecule has 5 aromatic carbocycles. The fraction of sp³-hybridized carbons (Fsp3) is 0.186. The minimum Gasteiger partial charge on any atom is -0.316 e. The van der Waals surface area contributed by atoms with Crippen LogP contribution in [0.5, 0.6) is 0 Å². The van der Waals surface area contributed by atoms with Gasteiger partial charge in [-0.1, -0.05) is 134 Å². The molecule has 0 saturated carbocycles. The fourth-order valence-corrected chi connectivity index (χ4v) is 9.19. The zero-order chi connectivity index (χ0) is 34.7. The topological polar surface area (TPSA) is 68.9 Å². The smallest absolute Gasteiger partial charge is 0.268 e. The number of hydrogen-bond donors (Lipinski definition) is 1. The summed E-state index contributed by atoms with van der Waals surface area (Å²) in [5.41, 5.74) is 7.30. The van der Waals surface area contributed by atoms with Gasteiger partial charge in [-0.15, -0.1) is 0 Å². The molecule has 7 rings (SSSR count). The second-order valence-corrected chi connectivity index (χ2v) is 14.5. The third-order valence-corrected chi connectivity index (χ3v) is 11.7. The van der Waals surface area contributed by atoms with Crippen LogP contribution in [0.15, 0.2) is 157 Å². The summed E-state index contributed by atoms with van der Waals surface area (Å²) in [5, 5.41) is 4.71. The Bertz CT molecular complexity index is 2220. The van der Waals surface area contributed by atoms with E-state index in [9.17, 15) is 8.42 Å². The third-order valence-electron chi connectivity index (χ3n) is 9.96. The number of imidazole rings is 1. The van der Waals surface area contributed by atoms with Gasteiger partial charge in [0, 0.05) is 29.7 Å². The summed E-state index contributed by atoms with van der Waals surface area (Å²) in [6.45, 7) is 6.92. The van der Waals surface area contributed by atoms with Gasteiger partial charge in [-0.05, 0) is 60.7 Å². The highest BCUT2D eigenvalue weighted by molar-refractivity contribution is 7.90. The standard InChI is InChI=1S/C43H42N4O2S/c1-4-39(44-30-29-40-32(2)38-27-17-18-28-41(38)47(40)50(48,49)37-25-15-8-16-26-37)42-33(3)46(31-45-42)43(34-19-9-5-10-20-34,35-21-11-6-12-22-35)36-23-13-7-14-24-36/h5-28,31,39,44H,4,29-30H2,1-3H3. The Kier molecular flexibility index (Phi) is 9.27. The first-order chi connectivity index (χ1) is 24.4. The van der Waals surface area contributed by atoms with E-state index in [-0.39, 0.29) is 10.9 Å². The Labute approximate surface area is 295 Å². The van der Waals surface area contributed by atoms with Crippen molar-refractivity contribution in [3.63, 3.8) is 0 Å². The van der Waals surface area contributed by atoms with Crippen molar-refractivity contribution in [2.45, 2.75) is 50.1 Å². The molecule has 0 spiro atoms. The molecule has 0 radical (unpaired) electrons. The minimum absolute atomic E-state index is 0.0415. The molecule has 0 bridgehead atoms. The van der Waals surface area contributed by atoms with E-state index in [0.717, 1.165) is 51.1 Å². The lowest BCUT2D eigenvalue weighted by Gasteiger charge is -2.38. The summed E-state index contributed by atoms with van der Waals surface area (Å²) >= 11 is 0. The maximum absolute atomic E-state index is 14.1. The summed E-state index contributed by atoms with van der Waals surface area (Å²) in [4.78, 5) is 5.38. The summed E-state index contributed by atoms with van der Waals surface area (Å²) in [5.74, 6) is 0. The lowest BCUT2D eigenvalue weighted by Crippen LogP contribution is -2.38. The van der Waals surface area contributed by atoms with Gasteiger partial charge >= 0.3 is 0 Å². The summed E-state index contributed by atoms with van der Waals surface area (Å²) in [6.07, 6.45) is 3.33. The van der Waals surface area contributed by atoms with Crippen molar-refractivity contribution in [2.75, 3.05) is 6.54 Å². The van der Waals surface area contributed by atoms with Gasteiger partial charge in [-0.3, -0.25) is 0 Å². The molecule has 252 valence electrons. The summed E-state index contributed by atoms with van der Waals surface area (Å²) < 4.78 is 32.0. The Balaban J connectivity index is 1.26. The molecule has 50 heavy (non-hydrogen) atoms. The average molecular weight is 679 g/mol. The molecule has 7 heteroatoms. The molecule has 0 fully saturated rings. The van der Waals surface area contributed by atoms with E-state index in [1.807, 2.05) is 43.6 Å². The molecular weight excluding hydrogens is 637 g/mol. The molecule has 7 aromatic rings. The molecule has 1 unspecified atom stereocenters. The van der Waals surface area contributed by atoms with Gasteiger partial charge in [-0.25, -0.2) is 17.4 Å². The van der Waals surface area contributed by atoms with E-state index >= 15 is 0 Å². The van der Waals surface area contributed by atoms with E-state index in [0.29, 0.717) is 18.5 Å². The maximum Gasteiger partial charge on any atom is 0.268 e. The molecule has 0 amide bonds. The zero-order valence-corrected chi connectivity index (χ0v) is 29.5. The first-order valence-corrected chi connectivity index (χ1v) is 18.7. The van der Waals surface area contributed by atoms with Gasteiger partial charge in [0.05, 0.1) is 28.5 Å². The first kappa shape index (κ1) is 33.3. The lowest BCUT2D eigenvalue weighted by atomic mass is 9.76. The van der Waals surface area contributed by atoms with Gasteiger partial charge in [0.15, 0.2) is 0 Å². The van der Waals surface area contributed by atoms with E-state index in [1.165, 1.54) is 0 Å². The Morgan fingerprint density at radius 1 is 0.700 bits per heavy atom. The largest absolute Gasteiger partial charge is 0.316 e. The predicted molar refractivity (Wildman–Crippen MR) is 202 cm³/mol. The van der Waals surface area contributed by atoms with E-state index in [4.69, 9.17) is 4.98 Å². The summed E-state index contributed by atoms with van der Waals surface area (Å²) in [6, 6.07) is 48.3. The van der Waals surface area contributed by atoms with Gasteiger partial charge in [-0.2, -0.15) is 0 Å². The third kappa shape index (κ3) is 5.66. The molecule has 0 aliphatic rings. The Morgan fingerprint density at radius 3 is 1.74 bits per heavy atom. The Hall–Kier alpha value is -5.24. The molecule has 0 saturated heterocycles. The predicted octanol–water partition coefficient (Wildman–Crippen LogP) is 8.82. The van der Waals surface area contributed by atoms with Crippen LogP contribution in [0.4, 0.5) is 0 Å². The van der Waals surface area contributed by atoms with Gasteiger partial charge in [0.25, 0.3) is 10.0 Å². The van der Waals surface area contributed by atoms with Gasteiger partial charge in [0.2, 0.25) is 0 Å². The van der Waals surface area contributed by atoms with Crippen LogP contribution in [0.3, 0.4) is 0 Å². The highest BCUT2D eigenvalue weighted by atomic mass is 32.2. The van der Waals surface area contributed by atoms with Crippen molar-refractivity contribution in [1.82, 2.24) is 18.8 Å². The normalized spacial score (nSPS) is 12.7. The minimum atomic E-state index is -3.81. The number of nitrogens with one attached hydrogen (secondary N) is 1. The average Bonchev–Trinajstić information content (AvgIpc) is 3.69. The maximum atomic E-state index is 14.1. The van der Waals surface area contributed by atoms with Crippen LogP contribution < -0.4 is 5.32 Å². The number of hydrogen-bond acceptors (Lipinski definition) is 4. The van der Waals surface area contributed by atoms with Gasteiger partial charge in [0.1, 0.15) is 5.54 Å². The second-order valence-electron chi connectivity index (χ2n) is 12.7. The lowest BCUT2D eigenvalue weighted by molar-refractivity contribution is 0.488. The van der Waals surface area contributed by atoms with Crippen molar-refractivity contribution in [3.8, 4) is 0 Å². The molecule has 1 atom stereocenters. The second kappa shape index (κ2) is 13.9. The number of benzene rings is 5. The van der Waals surface area contributed by atoms with Crippen molar-refractivity contribution < 1.29 is 8.42 Å². The van der Waals surface area contributed by atoms with Crippen molar-refractivity contribution in [1.29, 1.82) is 0 Å². The van der Waals surface area contributed by atoms with Crippen LogP contribution in [0.25, 0.3) is 10.9 Å². The SMILES string of the molecule is CCC(NCCc1c(C)c2ccccc2n1S(=O)(=O)c1ccccc1)c1ncn(C(c2ccccc2)(c2ccccc2)c2ccccc2)c1C. The highest BCUT2D eigenvalue weighted by Crippen LogP contribution is 2.42. The molecular formula is C43H42N4O2S. The van der Waals surface area contributed by atoms with Crippen LogP contribution in [-0.2, 0) is 22.0 Å². The van der Waals surface area contributed by atoms with Gasteiger partial charge < -0.3 is 9.88 Å². The molecule has 0 aliphatic heterocycles. The van der Waals surface area contributed by atoms with E-state index in [1.54, 1.807) is 28.2 Å².